The molecule has 2 aromatic carbocycles. The number of aryl methyl sites for hydroxylation is 1. The van der Waals surface area contributed by atoms with E-state index in [0.717, 1.165) is 17.7 Å². The van der Waals surface area contributed by atoms with E-state index in [-0.39, 0.29) is 25.3 Å². The number of halogens is 4. The van der Waals surface area contributed by atoms with Crippen LogP contribution in [-0.2, 0) is 0 Å². The molecule has 152 valence electrons. The molecular weight excluding hydrogens is 407 g/mol. The zero-order valence-corrected chi connectivity index (χ0v) is 16.3. The summed E-state index contributed by atoms with van der Waals surface area (Å²) in [6.07, 6.45) is 0.870. The Morgan fingerprint density at radius 1 is 1.14 bits per heavy atom. The number of likely N-dealkylation sites (tertiary alicyclic amines) is 1. The second-order valence-electron chi connectivity index (χ2n) is 7.50. The minimum Gasteiger partial charge on any atom is -0.486 e. The van der Waals surface area contributed by atoms with Gasteiger partial charge in [0, 0.05) is 31.0 Å². The summed E-state index contributed by atoms with van der Waals surface area (Å²) in [5, 5.41) is 0.491. The fourth-order valence-corrected chi connectivity index (χ4v) is 4.04. The maximum Gasteiger partial charge on any atom is 0.256 e. The molecule has 2 aliphatic heterocycles. The van der Waals surface area contributed by atoms with Gasteiger partial charge in [-0.15, -0.1) is 0 Å². The van der Waals surface area contributed by atoms with E-state index in [9.17, 15) is 22.8 Å². The molecule has 2 aromatic rings. The normalized spacial score (nSPS) is 17.8. The molecule has 0 N–H and O–H groups in total. The van der Waals surface area contributed by atoms with Gasteiger partial charge in [-0.1, -0.05) is 11.6 Å². The average molecular weight is 424 g/mol. The van der Waals surface area contributed by atoms with E-state index in [1.54, 1.807) is 12.1 Å². The molecule has 0 saturated carbocycles. The van der Waals surface area contributed by atoms with E-state index in [1.165, 1.54) is 4.90 Å². The topological polar surface area (TPSA) is 46.6 Å². The lowest BCUT2D eigenvalue weighted by Gasteiger charge is -2.44. The van der Waals surface area contributed by atoms with E-state index >= 15 is 0 Å². The third-order valence-corrected chi connectivity index (χ3v) is 6.01. The van der Waals surface area contributed by atoms with Crippen molar-refractivity contribution in [3.05, 3.63) is 63.4 Å². The molecule has 0 aliphatic carbocycles. The van der Waals surface area contributed by atoms with Gasteiger partial charge >= 0.3 is 0 Å². The highest BCUT2D eigenvalue weighted by Crippen LogP contribution is 2.41. The van der Waals surface area contributed by atoms with Crippen molar-refractivity contribution in [1.29, 1.82) is 0 Å². The fourth-order valence-electron chi connectivity index (χ4n) is 3.87. The van der Waals surface area contributed by atoms with Crippen LogP contribution in [0.1, 0.15) is 45.5 Å². The number of carbonyl (C=O) groups is 2. The van der Waals surface area contributed by atoms with Crippen LogP contribution in [0.3, 0.4) is 0 Å². The van der Waals surface area contributed by atoms with Crippen molar-refractivity contribution in [2.45, 2.75) is 31.8 Å². The van der Waals surface area contributed by atoms with Gasteiger partial charge in [-0.05, 0) is 36.8 Å². The summed E-state index contributed by atoms with van der Waals surface area (Å²) in [5.74, 6) is -4.85. The SMILES string of the molecule is Cc1cc2c(cc1Cl)C(=O)CC1(CCN(C(=O)c3ccc(F)c(F)c3F)CC1)O2. The molecule has 0 radical (unpaired) electrons. The number of ether oxygens (including phenoxy) is 1. The third kappa shape index (κ3) is 3.37. The molecule has 1 amide bonds. The first-order chi connectivity index (χ1) is 13.7. The number of fused-ring (bicyclic) bond motifs is 1. The largest absolute Gasteiger partial charge is 0.486 e. The molecule has 8 heteroatoms. The van der Waals surface area contributed by atoms with Gasteiger partial charge in [-0.3, -0.25) is 9.59 Å². The Bertz CT molecular complexity index is 1030. The zero-order valence-electron chi connectivity index (χ0n) is 15.5. The highest BCUT2D eigenvalue weighted by Gasteiger charge is 2.44. The third-order valence-electron chi connectivity index (χ3n) is 5.60. The van der Waals surface area contributed by atoms with Crippen LogP contribution in [0.15, 0.2) is 24.3 Å². The number of hydrogen-bond donors (Lipinski definition) is 0. The smallest absolute Gasteiger partial charge is 0.256 e. The molecule has 2 aliphatic rings. The Hall–Kier alpha value is -2.54. The van der Waals surface area contributed by atoms with Gasteiger partial charge in [-0.25, -0.2) is 13.2 Å². The lowest BCUT2D eigenvalue weighted by Crippen LogP contribution is -2.52. The summed E-state index contributed by atoms with van der Waals surface area (Å²) in [6, 6.07) is 4.99. The summed E-state index contributed by atoms with van der Waals surface area (Å²) in [5.41, 5.74) is -0.0466. The Morgan fingerprint density at radius 2 is 1.83 bits per heavy atom. The van der Waals surface area contributed by atoms with Gasteiger partial charge in [-0.2, -0.15) is 0 Å². The Labute approximate surface area is 170 Å². The van der Waals surface area contributed by atoms with Crippen molar-refractivity contribution in [1.82, 2.24) is 4.90 Å². The first kappa shape index (κ1) is 19.8. The van der Waals surface area contributed by atoms with Crippen LogP contribution >= 0.6 is 11.6 Å². The minimum atomic E-state index is -1.67. The summed E-state index contributed by atoms with van der Waals surface area (Å²) in [7, 11) is 0. The summed E-state index contributed by atoms with van der Waals surface area (Å²) in [6.45, 7) is 2.22. The molecule has 4 rings (SSSR count). The highest BCUT2D eigenvalue weighted by atomic mass is 35.5. The summed E-state index contributed by atoms with van der Waals surface area (Å²) in [4.78, 5) is 26.6. The van der Waals surface area contributed by atoms with Gasteiger partial charge in [0.25, 0.3) is 5.91 Å². The average Bonchev–Trinajstić information content (AvgIpc) is 2.68. The molecule has 1 spiro atoms. The van der Waals surface area contributed by atoms with Gasteiger partial charge in [0.2, 0.25) is 0 Å². The van der Waals surface area contributed by atoms with Crippen LogP contribution in [-0.4, -0.2) is 35.3 Å². The van der Waals surface area contributed by atoms with Crippen molar-refractivity contribution < 1.29 is 27.5 Å². The van der Waals surface area contributed by atoms with Gasteiger partial charge in [0.05, 0.1) is 17.5 Å². The molecule has 1 saturated heterocycles. The molecule has 0 atom stereocenters. The van der Waals surface area contributed by atoms with Crippen LogP contribution in [0.5, 0.6) is 5.75 Å². The van der Waals surface area contributed by atoms with E-state index in [1.807, 2.05) is 6.92 Å². The van der Waals surface area contributed by atoms with Gasteiger partial charge in [0.15, 0.2) is 23.2 Å². The highest BCUT2D eigenvalue weighted by molar-refractivity contribution is 6.31. The lowest BCUT2D eigenvalue weighted by atomic mass is 9.82. The molecule has 0 aromatic heterocycles. The Morgan fingerprint density at radius 3 is 2.52 bits per heavy atom. The number of amides is 1. The second kappa shape index (κ2) is 7.06. The first-order valence-corrected chi connectivity index (χ1v) is 9.54. The number of Topliss-reactive ketones (excluding diaryl/α,β-unsaturated/α-hetero) is 1. The standard InChI is InChI=1S/C21H17ClF3NO3/c1-11-8-17-13(9-14(11)22)16(27)10-21(29-17)4-6-26(7-5-21)20(28)12-2-3-15(23)19(25)18(12)24/h2-3,8-9H,4-7,10H2,1H3. The number of ketones is 1. The van der Waals surface area contributed by atoms with Crippen LogP contribution < -0.4 is 4.74 Å². The number of rotatable bonds is 1. The molecule has 0 bridgehead atoms. The Balaban J connectivity index is 1.52. The summed E-state index contributed by atoms with van der Waals surface area (Å²) >= 11 is 6.10. The van der Waals surface area contributed by atoms with Crippen molar-refractivity contribution in [3.63, 3.8) is 0 Å². The van der Waals surface area contributed by atoms with Crippen molar-refractivity contribution in [2.24, 2.45) is 0 Å². The van der Waals surface area contributed by atoms with Crippen molar-refractivity contribution in [3.8, 4) is 5.75 Å². The number of piperidine rings is 1. The molecule has 1 fully saturated rings. The van der Waals surface area contributed by atoms with E-state index in [2.05, 4.69) is 0 Å². The molecule has 0 unspecified atom stereocenters. The Kier molecular flexibility index (Phi) is 4.81. The van der Waals surface area contributed by atoms with Crippen LogP contribution in [0.2, 0.25) is 5.02 Å². The fraction of sp³-hybridized carbons (Fsp3) is 0.333. The molecule has 2 heterocycles. The summed E-state index contributed by atoms with van der Waals surface area (Å²) < 4.78 is 46.7. The number of nitrogens with zero attached hydrogens (tertiary/aromatic N) is 1. The zero-order chi connectivity index (χ0) is 20.9. The van der Waals surface area contributed by atoms with Gasteiger partial charge < -0.3 is 9.64 Å². The predicted molar refractivity (Wildman–Crippen MR) is 99.9 cm³/mol. The maximum absolute atomic E-state index is 14.0. The first-order valence-electron chi connectivity index (χ1n) is 9.16. The maximum atomic E-state index is 14.0. The monoisotopic (exact) mass is 423 g/mol. The van der Waals surface area contributed by atoms with Crippen molar-refractivity contribution >= 4 is 23.3 Å². The molecule has 29 heavy (non-hydrogen) atoms. The second-order valence-corrected chi connectivity index (χ2v) is 7.90. The predicted octanol–water partition coefficient (Wildman–Crippen LogP) is 4.71. The van der Waals surface area contributed by atoms with E-state index in [0.29, 0.717) is 29.2 Å². The lowest BCUT2D eigenvalue weighted by molar-refractivity contribution is -0.00584. The van der Waals surface area contributed by atoms with Crippen LogP contribution in [0.25, 0.3) is 0 Å². The van der Waals surface area contributed by atoms with Crippen LogP contribution in [0, 0.1) is 24.4 Å². The number of benzene rings is 2. The van der Waals surface area contributed by atoms with Gasteiger partial charge in [0.1, 0.15) is 11.4 Å². The quantitative estimate of drug-likeness (QED) is 0.624. The number of hydrogen-bond acceptors (Lipinski definition) is 3. The number of carbonyl (C=O) groups excluding carboxylic acids is 2. The molecular formula is C21H17ClF3NO3. The van der Waals surface area contributed by atoms with Crippen LogP contribution in [0.4, 0.5) is 13.2 Å². The van der Waals surface area contributed by atoms with E-state index in [4.69, 9.17) is 16.3 Å². The molecule has 4 nitrogen and oxygen atoms in total. The van der Waals surface area contributed by atoms with Crippen molar-refractivity contribution in [2.75, 3.05) is 13.1 Å². The van der Waals surface area contributed by atoms with E-state index < -0.39 is 34.5 Å². The minimum absolute atomic E-state index is 0.0837.